The van der Waals surface area contributed by atoms with E-state index in [1.54, 1.807) is 6.20 Å². The number of anilines is 1. The highest BCUT2D eigenvalue weighted by Crippen LogP contribution is 2.20. The maximum absolute atomic E-state index is 5.69. The predicted molar refractivity (Wildman–Crippen MR) is 61.8 cm³/mol. The third-order valence-electron chi connectivity index (χ3n) is 1.91. The van der Waals surface area contributed by atoms with E-state index in [0.29, 0.717) is 0 Å². The van der Waals surface area contributed by atoms with Gasteiger partial charge in [-0.25, -0.2) is 0 Å². The topological polar surface area (TPSA) is 38.9 Å². The van der Waals surface area contributed by atoms with Gasteiger partial charge in [0.05, 0.1) is 5.69 Å². The molecule has 0 bridgehead atoms. The van der Waals surface area contributed by atoms with Crippen LogP contribution in [0.2, 0.25) is 0 Å². The Kier molecular flexibility index (Phi) is 2.50. The fraction of sp³-hybridized carbons (Fsp3) is 0. The van der Waals surface area contributed by atoms with Crippen LogP contribution in [0.4, 0.5) is 5.69 Å². The van der Waals surface area contributed by atoms with Crippen LogP contribution in [0.5, 0.6) is 0 Å². The molecule has 2 aromatic rings. The molecule has 1 heterocycles. The van der Waals surface area contributed by atoms with Gasteiger partial charge in [-0.3, -0.25) is 4.98 Å². The molecule has 2 rings (SSSR count). The summed E-state index contributed by atoms with van der Waals surface area (Å²) in [6, 6.07) is 11.6. The first-order valence-electron chi connectivity index (χ1n) is 4.23. The van der Waals surface area contributed by atoms with Crippen LogP contribution in [-0.4, -0.2) is 4.98 Å². The molecule has 0 atom stereocenters. The van der Waals surface area contributed by atoms with Crippen LogP contribution in [0, 0.1) is 0 Å². The molecule has 0 aliphatic heterocycles. The number of aromatic nitrogens is 1. The smallest absolute Gasteiger partial charge is 0.0703 e. The van der Waals surface area contributed by atoms with E-state index >= 15 is 0 Å². The maximum Gasteiger partial charge on any atom is 0.0703 e. The van der Waals surface area contributed by atoms with Gasteiger partial charge in [-0.1, -0.05) is 12.1 Å². The first kappa shape index (κ1) is 9.21. The monoisotopic (exact) mass is 248 g/mol. The van der Waals surface area contributed by atoms with Crippen molar-refractivity contribution in [2.45, 2.75) is 0 Å². The second-order valence-electron chi connectivity index (χ2n) is 2.99. The molecule has 0 radical (unpaired) electrons. The molecule has 0 unspecified atom stereocenters. The van der Waals surface area contributed by atoms with E-state index in [1.165, 1.54) is 0 Å². The van der Waals surface area contributed by atoms with Crippen LogP contribution in [0.15, 0.2) is 47.1 Å². The third kappa shape index (κ3) is 1.93. The van der Waals surface area contributed by atoms with Crippen LogP contribution < -0.4 is 5.73 Å². The lowest BCUT2D eigenvalue weighted by atomic mass is 10.1. The van der Waals surface area contributed by atoms with E-state index in [9.17, 15) is 0 Å². The zero-order valence-corrected chi connectivity index (χ0v) is 9.03. The van der Waals surface area contributed by atoms with Gasteiger partial charge in [0.25, 0.3) is 0 Å². The Morgan fingerprint density at radius 2 is 2.00 bits per heavy atom. The van der Waals surface area contributed by atoms with Crippen molar-refractivity contribution in [2.24, 2.45) is 0 Å². The molecule has 1 aromatic heterocycles. The van der Waals surface area contributed by atoms with Gasteiger partial charge in [0, 0.05) is 21.9 Å². The number of hydrogen-bond donors (Lipinski definition) is 1. The van der Waals surface area contributed by atoms with E-state index < -0.39 is 0 Å². The van der Waals surface area contributed by atoms with E-state index in [4.69, 9.17) is 5.73 Å². The van der Waals surface area contributed by atoms with Crippen LogP contribution >= 0.6 is 15.9 Å². The molecule has 0 saturated carbocycles. The molecule has 0 amide bonds. The van der Waals surface area contributed by atoms with Crippen molar-refractivity contribution in [3.05, 3.63) is 47.1 Å². The normalized spacial score (nSPS) is 10.1. The van der Waals surface area contributed by atoms with E-state index in [2.05, 4.69) is 20.9 Å². The van der Waals surface area contributed by atoms with Crippen LogP contribution in [0.3, 0.4) is 0 Å². The highest BCUT2D eigenvalue weighted by atomic mass is 79.9. The van der Waals surface area contributed by atoms with Crippen molar-refractivity contribution in [2.75, 3.05) is 5.73 Å². The molecule has 70 valence electrons. The number of pyridine rings is 1. The number of halogens is 1. The quantitative estimate of drug-likeness (QED) is 0.788. The molecule has 3 heteroatoms. The van der Waals surface area contributed by atoms with Gasteiger partial charge in [0.2, 0.25) is 0 Å². The molecular weight excluding hydrogens is 240 g/mol. The van der Waals surface area contributed by atoms with Crippen molar-refractivity contribution in [1.82, 2.24) is 4.98 Å². The summed E-state index contributed by atoms with van der Waals surface area (Å²) >= 11 is 3.35. The van der Waals surface area contributed by atoms with Crippen molar-refractivity contribution in [3.63, 3.8) is 0 Å². The summed E-state index contributed by atoms with van der Waals surface area (Å²) < 4.78 is 0.977. The summed E-state index contributed by atoms with van der Waals surface area (Å²) in [6.07, 6.45) is 1.78. The van der Waals surface area contributed by atoms with Gasteiger partial charge in [-0.15, -0.1) is 0 Å². The lowest BCUT2D eigenvalue weighted by Gasteiger charge is -2.01. The summed E-state index contributed by atoms with van der Waals surface area (Å²) in [7, 11) is 0. The minimum absolute atomic E-state index is 0.757. The molecule has 0 spiro atoms. The van der Waals surface area contributed by atoms with Gasteiger partial charge in [0.15, 0.2) is 0 Å². The minimum Gasteiger partial charge on any atom is -0.399 e. The number of hydrogen-bond acceptors (Lipinski definition) is 2. The second kappa shape index (κ2) is 3.80. The Morgan fingerprint density at radius 1 is 1.14 bits per heavy atom. The van der Waals surface area contributed by atoms with Gasteiger partial charge < -0.3 is 5.73 Å². The van der Waals surface area contributed by atoms with Crippen molar-refractivity contribution >= 4 is 21.6 Å². The first-order chi connectivity index (χ1) is 6.75. The Labute approximate surface area is 90.9 Å². The Hall–Kier alpha value is -1.35. The summed E-state index contributed by atoms with van der Waals surface area (Å²) in [4.78, 5) is 4.29. The number of nitrogens with zero attached hydrogens (tertiary/aromatic N) is 1. The number of benzene rings is 1. The Balaban J connectivity index is 2.44. The Morgan fingerprint density at radius 3 is 2.64 bits per heavy atom. The number of nitrogens with two attached hydrogens (primary N) is 1. The fourth-order valence-electron chi connectivity index (χ4n) is 1.24. The van der Waals surface area contributed by atoms with Gasteiger partial charge in [0.1, 0.15) is 0 Å². The predicted octanol–water partition coefficient (Wildman–Crippen LogP) is 3.09. The van der Waals surface area contributed by atoms with Crippen molar-refractivity contribution in [3.8, 4) is 11.3 Å². The van der Waals surface area contributed by atoms with E-state index in [1.807, 2.05) is 36.4 Å². The molecule has 0 fully saturated rings. The molecule has 0 saturated heterocycles. The largest absolute Gasteiger partial charge is 0.399 e. The highest BCUT2D eigenvalue weighted by Gasteiger charge is 1.98. The standard InChI is InChI=1S/C11H9BrN2/c12-9-4-5-11(14-7-9)8-2-1-3-10(13)6-8/h1-7H,13H2. The average Bonchev–Trinajstić information content (AvgIpc) is 2.19. The fourth-order valence-corrected chi connectivity index (χ4v) is 1.48. The maximum atomic E-state index is 5.69. The highest BCUT2D eigenvalue weighted by molar-refractivity contribution is 9.10. The van der Waals surface area contributed by atoms with Crippen LogP contribution in [0.1, 0.15) is 0 Å². The lowest BCUT2D eigenvalue weighted by Crippen LogP contribution is -1.86. The molecule has 1 aromatic carbocycles. The van der Waals surface area contributed by atoms with Gasteiger partial charge in [-0.05, 0) is 40.2 Å². The summed E-state index contributed by atoms with van der Waals surface area (Å²) in [6.45, 7) is 0. The van der Waals surface area contributed by atoms with E-state index in [0.717, 1.165) is 21.4 Å². The molecule has 14 heavy (non-hydrogen) atoms. The van der Waals surface area contributed by atoms with Crippen molar-refractivity contribution in [1.29, 1.82) is 0 Å². The van der Waals surface area contributed by atoms with Crippen LogP contribution in [0.25, 0.3) is 11.3 Å². The SMILES string of the molecule is Nc1cccc(-c2ccc(Br)cn2)c1. The summed E-state index contributed by atoms with van der Waals surface area (Å²) in [5, 5.41) is 0. The second-order valence-corrected chi connectivity index (χ2v) is 3.90. The molecule has 2 nitrogen and oxygen atoms in total. The van der Waals surface area contributed by atoms with Gasteiger partial charge in [-0.2, -0.15) is 0 Å². The van der Waals surface area contributed by atoms with Crippen LogP contribution in [-0.2, 0) is 0 Å². The Bertz CT molecular complexity index is 437. The molecule has 0 aliphatic rings. The molecule has 0 aliphatic carbocycles. The number of nitrogen functional groups attached to an aromatic ring is 1. The van der Waals surface area contributed by atoms with Gasteiger partial charge >= 0.3 is 0 Å². The lowest BCUT2D eigenvalue weighted by molar-refractivity contribution is 1.31. The zero-order chi connectivity index (χ0) is 9.97. The average molecular weight is 249 g/mol. The summed E-state index contributed by atoms with van der Waals surface area (Å²) in [5.74, 6) is 0. The first-order valence-corrected chi connectivity index (χ1v) is 5.02. The molecular formula is C11H9BrN2. The minimum atomic E-state index is 0.757. The van der Waals surface area contributed by atoms with E-state index in [-0.39, 0.29) is 0 Å². The summed E-state index contributed by atoms with van der Waals surface area (Å²) in [5.41, 5.74) is 8.42. The third-order valence-corrected chi connectivity index (χ3v) is 2.38. The molecule has 2 N–H and O–H groups in total. The number of rotatable bonds is 1. The van der Waals surface area contributed by atoms with Crippen molar-refractivity contribution < 1.29 is 0 Å². The zero-order valence-electron chi connectivity index (χ0n) is 7.44.